The van der Waals surface area contributed by atoms with Crippen molar-refractivity contribution in [3.05, 3.63) is 0 Å². The van der Waals surface area contributed by atoms with Crippen LogP contribution in [0.5, 0.6) is 0 Å². The maximum Gasteiger partial charge on any atom is 0.185 e. The Hall–Kier alpha value is -1.00. The number of aliphatic hydroxyl groups is 6. The highest BCUT2D eigenvalue weighted by atomic mass is 16.7. The second-order valence-electron chi connectivity index (χ2n) is 8.32. The zero-order valence-electron chi connectivity index (χ0n) is 19.8. The molecule has 0 amide bonds. The van der Waals surface area contributed by atoms with Crippen molar-refractivity contribution in [2.45, 2.75) is 73.9 Å². The first kappa shape index (κ1) is 32.0. The molecule has 206 valence electrons. The molecule has 35 heavy (non-hydrogen) atoms. The van der Waals surface area contributed by atoms with Gasteiger partial charge in [0.15, 0.2) is 6.29 Å². The van der Waals surface area contributed by atoms with Crippen molar-refractivity contribution in [1.29, 1.82) is 0 Å². The molecule has 0 aliphatic carbocycles. The Morgan fingerprint density at radius 1 is 1.11 bits per heavy atom. The third-order valence-electron chi connectivity index (χ3n) is 5.76. The van der Waals surface area contributed by atoms with Crippen LogP contribution in [0.4, 0.5) is 0 Å². The van der Waals surface area contributed by atoms with Crippen LogP contribution in [0.15, 0.2) is 0 Å². The van der Waals surface area contributed by atoms with Crippen LogP contribution in [0.2, 0.25) is 0 Å². The quantitative estimate of drug-likeness (QED) is 0.0610. The van der Waals surface area contributed by atoms with E-state index in [9.17, 15) is 25.5 Å². The van der Waals surface area contributed by atoms with Crippen molar-refractivity contribution < 1.29 is 49.6 Å². The van der Waals surface area contributed by atoms with E-state index in [0.29, 0.717) is 0 Å². The maximum absolute atomic E-state index is 10.3. The van der Waals surface area contributed by atoms with E-state index in [0.717, 1.165) is 0 Å². The molecular formula is C21H42N4O10. The van der Waals surface area contributed by atoms with Gasteiger partial charge in [0.25, 0.3) is 0 Å². The highest BCUT2D eigenvalue weighted by Gasteiger charge is 2.43. The summed E-state index contributed by atoms with van der Waals surface area (Å²) in [6.45, 7) is -1.30. The van der Waals surface area contributed by atoms with Gasteiger partial charge in [-0.3, -0.25) is 0 Å². The summed E-state index contributed by atoms with van der Waals surface area (Å²) in [6.07, 6.45) is -1.73. The van der Waals surface area contributed by atoms with Gasteiger partial charge in [-0.15, -0.1) is 6.42 Å². The van der Waals surface area contributed by atoms with Gasteiger partial charge in [-0.05, 0) is 12.8 Å². The van der Waals surface area contributed by atoms with Crippen LogP contribution in [0, 0.1) is 12.3 Å². The lowest BCUT2D eigenvalue weighted by Crippen LogP contribution is -2.63. The van der Waals surface area contributed by atoms with Gasteiger partial charge in [0.1, 0.15) is 25.1 Å². The normalized spacial score (nSPS) is 29.2. The van der Waals surface area contributed by atoms with Crippen molar-refractivity contribution in [2.75, 3.05) is 46.3 Å². The highest BCUT2D eigenvalue weighted by Crippen LogP contribution is 2.21. The summed E-state index contributed by atoms with van der Waals surface area (Å²) in [7, 11) is 0. The highest BCUT2D eigenvalue weighted by molar-refractivity contribution is 4.93. The van der Waals surface area contributed by atoms with Gasteiger partial charge in [-0.1, -0.05) is 5.92 Å². The fraction of sp³-hybridized carbons (Fsp3) is 0.905. The summed E-state index contributed by atoms with van der Waals surface area (Å²) < 4.78 is 22.0. The predicted octanol–water partition coefficient (Wildman–Crippen LogP) is -5.50. The average molecular weight is 511 g/mol. The minimum atomic E-state index is -1.34. The molecule has 0 aromatic carbocycles. The Morgan fingerprint density at radius 2 is 1.80 bits per heavy atom. The third-order valence-corrected chi connectivity index (χ3v) is 5.76. The lowest BCUT2D eigenvalue weighted by atomic mass is 9.97. The Morgan fingerprint density at radius 3 is 2.37 bits per heavy atom. The molecule has 0 saturated carbocycles. The minimum Gasteiger partial charge on any atom is -0.396 e. The number of hydrogen-bond acceptors (Lipinski definition) is 14. The Bertz CT molecular complexity index is 599. The number of nitrogens with two attached hydrogens (primary N) is 3. The van der Waals surface area contributed by atoms with Crippen molar-refractivity contribution >= 4 is 0 Å². The summed E-state index contributed by atoms with van der Waals surface area (Å²) in [5.74, 6) is 2.44. The molecule has 1 aliphatic heterocycles. The average Bonchev–Trinajstić information content (AvgIpc) is 2.85. The van der Waals surface area contributed by atoms with Gasteiger partial charge < -0.3 is 72.1 Å². The molecule has 1 heterocycles. The van der Waals surface area contributed by atoms with Crippen LogP contribution >= 0.6 is 0 Å². The minimum absolute atomic E-state index is 0.00268. The summed E-state index contributed by atoms with van der Waals surface area (Å²) in [5.41, 5.74) is 17.6. The molecule has 0 radical (unpaired) electrons. The van der Waals surface area contributed by atoms with E-state index in [2.05, 4.69) is 11.2 Å². The van der Waals surface area contributed by atoms with Crippen LogP contribution in [-0.4, -0.2) is 138 Å². The molecular weight excluding hydrogens is 468 g/mol. The Kier molecular flexibility index (Phi) is 16.0. The molecule has 1 aliphatic rings. The molecule has 1 rings (SSSR count). The second-order valence-corrected chi connectivity index (χ2v) is 8.32. The molecule has 0 bridgehead atoms. The van der Waals surface area contributed by atoms with Crippen LogP contribution in [0.1, 0.15) is 12.8 Å². The molecule has 1 fully saturated rings. The fourth-order valence-electron chi connectivity index (χ4n) is 3.54. The Labute approximate surface area is 205 Å². The number of ether oxygens (including phenoxy) is 4. The van der Waals surface area contributed by atoms with E-state index < -0.39 is 74.3 Å². The van der Waals surface area contributed by atoms with Crippen LogP contribution < -0.4 is 22.5 Å². The molecule has 13 N–H and O–H groups in total. The van der Waals surface area contributed by atoms with Crippen molar-refractivity contribution in [3.8, 4) is 12.3 Å². The topological polar surface area (TPSA) is 248 Å². The number of nitrogens with one attached hydrogen (secondary N) is 1. The van der Waals surface area contributed by atoms with Crippen molar-refractivity contribution in [2.24, 2.45) is 17.2 Å². The number of aliphatic hydroxyl groups excluding tert-OH is 6. The number of hydrogen-bond donors (Lipinski definition) is 10. The largest absolute Gasteiger partial charge is 0.396 e. The van der Waals surface area contributed by atoms with Gasteiger partial charge in [0.2, 0.25) is 0 Å². The molecule has 10 atom stereocenters. The lowest BCUT2D eigenvalue weighted by molar-refractivity contribution is -0.277. The lowest BCUT2D eigenvalue weighted by Gasteiger charge is -2.40. The summed E-state index contributed by atoms with van der Waals surface area (Å²) >= 11 is 0. The van der Waals surface area contributed by atoms with Crippen LogP contribution in [0.3, 0.4) is 0 Å². The van der Waals surface area contributed by atoms with E-state index in [-0.39, 0.29) is 45.9 Å². The van der Waals surface area contributed by atoms with E-state index >= 15 is 0 Å². The first-order valence-electron chi connectivity index (χ1n) is 11.5. The third kappa shape index (κ3) is 10.5. The fourth-order valence-corrected chi connectivity index (χ4v) is 3.54. The SMILES string of the molecule is C#CCN[C@@H](COC1O[C@H](CO)[C@@H](O)C(N)[C@H]1O)CC(N)[C@H](CO)OCOC(CN)[C@@H](O)CCO. The number of rotatable bonds is 18. The molecule has 4 unspecified atom stereocenters. The van der Waals surface area contributed by atoms with E-state index in [4.69, 9.17) is 47.7 Å². The standard InChI is InChI=1S/C21H42N4O10/c1-2-4-25-12(10-32-21-20(31)18(24)19(30)17(9-28)35-21)6-13(23)16(8-27)34-11-33-15(7-22)14(29)3-5-26/h1,12-21,25-31H,3-11,22-24H2/t12-,13?,14+,15?,16+,17-,18?,19-,20-,21?/m1/s1. The van der Waals surface area contributed by atoms with Crippen LogP contribution in [-0.2, 0) is 18.9 Å². The Balaban J connectivity index is 2.64. The molecule has 0 aromatic heterocycles. The van der Waals surface area contributed by atoms with E-state index in [1.165, 1.54) is 0 Å². The smallest absolute Gasteiger partial charge is 0.185 e. The van der Waals surface area contributed by atoms with Gasteiger partial charge in [-0.25, -0.2) is 0 Å². The molecule has 14 nitrogen and oxygen atoms in total. The molecule has 14 heteroatoms. The van der Waals surface area contributed by atoms with E-state index in [1.807, 2.05) is 0 Å². The molecule has 0 spiro atoms. The first-order chi connectivity index (χ1) is 16.7. The summed E-state index contributed by atoms with van der Waals surface area (Å²) in [5, 5.41) is 61.1. The first-order valence-corrected chi connectivity index (χ1v) is 11.5. The second kappa shape index (κ2) is 17.5. The predicted molar refractivity (Wildman–Crippen MR) is 123 cm³/mol. The summed E-state index contributed by atoms with van der Waals surface area (Å²) in [6, 6.07) is -2.23. The van der Waals surface area contributed by atoms with Gasteiger partial charge >= 0.3 is 0 Å². The number of terminal acetylenes is 1. The van der Waals surface area contributed by atoms with Crippen molar-refractivity contribution in [1.82, 2.24) is 5.32 Å². The molecule has 0 aromatic rings. The zero-order chi connectivity index (χ0) is 26.4. The summed E-state index contributed by atoms with van der Waals surface area (Å²) in [4.78, 5) is 0. The van der Waals surface area contributed by atoms with Gasteiger partial charge in [0, 0.05) is 25.2 Å². The maximum atomic E-state index is 10.3. The molecule has 1 saturated heterocycles. The monoisotopic (exact) mass is 510 g/mol. The van der Waals surface area contributed by atoms with E-state index in [1.54, 1.807) is 0 Å². The van der Waals surface area contributed by atoms with Gasteiger partial charge in [0.05, 0.1) is 50.7 Å². The van der Waals surface area contributed by atoms with Crippen LogP contribution in [0.25, 0.3) is 0 Å². The van der Waals surface area contributed by atoms with Crippen molar-refractivity contribution in [3.63, 3.8) is 0 Å². The van der Waals surface area contributed by atoms with Gasteiger partial charge in [-0.2, -0.15) is 0 Å². The zero-order valence-corrected chi connectivity index (χ0v) is 19.8.